The second-order valence-corrected chi connectivity index (χ2v) is 4.63. The second-order valence-electron chi connectivity index (χ2n) is 4.63. The zero-order chi connectivity index (χ0) is 13.0. The summed E-state index contributed by atoms with van der Waals surface area (Å²) in [5, 5.41) is 10.5. The normalized spacial score (nSPS) is 12.7. The molecule has 3 heteroatoms. The highest BCUT2D eigenvalue weighted by atomic mass is 16.4. The van der Waals surface area contributed by atoms with Gasteiger partial charge in [-0.3, -0.25) is 0 Å². The summed E-state index contributed by atoms with van der Waals surface area (Å²) < 4.78 is 1.88. The van der Waals surface area contributed by atoms with E-state index in [2.05, 4.69) is 6.92 Å². The van der Waals surface area contributed by atoms with Crippen LogP contribution in [0.4, 0.5) is 0 Å². The molecule has 1 unspecified atom stereocenters. The van der Waals surface area contributed by atoms with Crippen molar-refractivity contribution < 1.29 is 9.90 Å². The Bertz CT molecular complexity index is 530. The molecule has 1 heterocycles. The number of hydrogen-bond acceptors (Lipinski definition) is 1. The van der Waals surface area contributed by atoms with Crippen LogP contribution in [-0.4, -0.2) is 15.6 Å². The van der Waals surface area contributed by atoms with Crippen molar-refractivity contribution in [3.8, 4) is 0 Å². The first-order valence-electron chi connectivity index (χ1n) is 6.52. The molecule has 0 aliphatic heterocycles. The van der Waals surface area contributed by atoms with Gasteiger partial charge in [-0.2, -0.15) is 0 Å². The summed E-state index contributed by atoms with van der Waals surface area (Å²) in [6.45, 7) is 2.13. The van der Waals surface area contributed by atoms with Gasteiger partial charge in [-0.15, -0.1) is 0 Å². The number of rotatable bonds is 6. The van der Waals surface area contributed by atoms with E-state index in [0.29, 0.717) is 6.42 Å². The Labute approximate surface area is 107 Å². The van der Waals surface area contributed by atoms with Crippen LogP contribution in [0.1, 0.15) is 38.6 Å². The van der Waals surface area contributed by atoms with E-state index in [4.69, 9.17) is 0 Å². The number of carboxylic acids is 1. The second kappa shape index (κ2) is 5.71. The van der Waals surface area contributed by atoms with E-state index in [9.17, 15) is 9.90 Å². The van der Waals surface area contributed by atoms with E-state index in [-0.39, 0.29) is 0 Å². The van der Waals surface area contributed by atoms with Gasteiger partial charge in [0.05, 0.1) is 0 Å². The highest BCUT2D eigenvalue weighted by molar-refractivity contribution is 5.83. The average molecular weight is 245 g/mol. The predicted molar refractivity (Wildman–Crippen MR) is 72.8 cm³/mol. The molecule has 96 valence electrons. The average Bonchev–Trinajstić information content (AvgIpc) is 2.78. The molecule has 0 amide bonds. The highest BCUT2D eigenvalue weighted by Gasteiger charge is 2.19. The number of nitrogens with zero attached hydrogens (tertiary/aromatic N) is 1. The Morgan fingerprint density at radius 2 is 2.06 bits per heavy atom. The van der Waals surface area contributed by atoms with Crippen LogP contribution < -0.4 is 0 Å². The van der Waals surface area contributed by atoms with Crippen molar-refractivity contribution >= 4 is 16.9 Å². The van der Waals surface area contributed by atoms with Crippen molar-refractivity contribution in [3.63, 3.8) is 0 Å². The van der Waals surface area contributed by atoms with Crippen molar-refractivity contribution in [1.29, 1.82) is 0 Å². The van der Waals surface area contributed by atoms with Gasteiger partial charge < -0.3 is 9.67 Å². The molecule has 1 N–H and O–H groups in total. The van der Waals surface area contributed by atoms with E-state index in [1.54, 1.807) is 0 Å². The topological polar surface area (TPSA) is 42.2 Å². The molecule has 1 aromatic heterocycles. The lowest BCUT2D eigenvalue weighted by Crippen LogP contribution is -2.18. The first kappa shape index (κ1) is 12.7. The van der Waals surface area contributed by atoms with Gasteiger partial charge >= 0.3 is 5.97 Å². The van der Waals surface area contributed by atoms with E-state index >= 15 is 0 Å². The first-order chi connectivity index (χ1) is 8.74. The Hall–Kier alpha value is -1.77. The molecule has 0 aliphatic rings. The third-order valence-electron chi connectivity index (χ3n) is 3.33. The molecule has 0 aliphatic carbocycles. The van der Waals surface area contributed by atoms with Gasteiger partial charge in [0, 0.05) is 11.7 Å². The third kappa shape index (κ3) is 2.55. The zero-order valence-corrected chi connectivity index (χ0v) is 10.7. The van der Waals surface area contributed by atoms with Gasteiger partial charge in [0.15, 0.2) is 0 Å². The summed E-state index contributed by atoms with van der Waals surface area (Å²) in [6.07, 6.45) is 5.74. The number of benzene rings is 1. The fourth-order valence-electron chi connectivity index (χ4n) is 2.35. The Balaban J connectivity index is 2.27. The minimum Gasteiger partial charge on any atom is -0.480 e. The predicted octanol–water partition coefficient (Wildman–Crippen LogP) is 3.85. The minimum absolute atomic E-state index is 0.448. The maximum absolute atomic E-state index is 11.4. The number of aliphatic carboxylic acids is 1. The zero-order valence-electron chi connectivity index (χ0n) is 10.7. The van der Waals surface area contributed by atoms with Crippen LogP contribution >= 0.6 is 0 Å². The monoisotopic (exact) mass is 245 g/mol. The maximum atomic E-state index is 11.4. The molecule has 0 spiro atoms. The molecule has 3 nitrogen and oxygen atoms in total. The lowest BCUT2D eigenvalue weighted by Gasteiger charge is -2.15. The number of para-hydroxylation sites is 1. The van der Waals surface area contributed by atoms with Gasteiger partial charge in [0.25, 0.3) is 0 Å². The molecule has 18 heavy (non-hydrogen) atoms. The number of aromatic nitrogens is 1. The molecule has 0 saturated heterocycles. The Kier molecular flexibility index (Phi) is 4.03. The molecular weight excluding hydrogens is 226 g/mol. The molecule has 0 bridgehead atoms. The summed E-state index contributed by atoms with van der Waals surface area (Å²) in [6, 6.07) is 9.44. The lowest BCUT2D eigenvalue weighted by atomic mass is 10.1. The van der Waals surface area contributed by atoms with Gasteiger partial charge in [0.2, 0.25) is 0 Å². The summed E-state index contributed by atoms with van der Waals surface area (Å²) in [5.41, 5.74) is 1.00. The van der Waals surface area contributed by atoms with E-state index in [1.165, 1.54) is 0 Å². The molecule has 1 atom stereocenters. The van der Waals surface area contributed by atoms with Crippen LogP contribution in [0.3, 0.4) is 0 Å². The summed E-state index contributed by atoms with van der Waals surface area (Å²) in [7, 11) is 0. The molecule has 2 rings (SSSR count). The maximum Gasteiger partial charge on any atom is 0.326 e. The van der Waals surface area contributed by atoms with Crippen molar-refractivity contribution in [3.05, 3.63) is 36.5 Å². The number of carboxylic acid groups (broad SMARTS) is 1. The van der Waals surface area contributed by atoms with E-state index in [1.807, 2.05) is 41.1 Å². The fourth-order valence-corrected chi connectivity index (χ4v) is 2.35. The largest absolute Gasteiger partial charge is 0.480 e. The van der Waals surface area contributed by atoms with Crippen LogP contribution in [0, 0.1) is 0 Å². The van der Waals surface area contributed by atoms with Gasteiger partial charge in [-0.25, -0.2) is 4.79 Å². The summed E-state index contributed by atoms with van der Waals surface area (Å²) in [5.74, 6) is -0.743. The number of unbranched alkanes of at least 4 members (excludes halogenated alkanes) is 2. The van der Waals surface area contributed by atoms with Crippen LogP contribution in [0.15, 0.2) is 36.5 Å². The van der Waals surface area contributed by atoms with Crippen LogP contribution in [0.25, 0.3) is 10.9 Å². The Morgan fingerprint density at radius 3 is 2.78 bits per heavy atom. The minimum atomic E-state index is -0.743. The number of carbonyl (C=O) groups is 1. The first-order valence-corrected chi connectivity index (χ1v) is 6.52. The molecule has 0 saturated carbocycles. The fraction of sp³-hybridized carbons (Fsp3) is 0.400. The molecular formula is C15H19NO2. The van der Waals surface area contributed by atoms with Gasteiger partial charge in [-0.05, 0) is 23.9 Å². The summed E-state index contributed by atoms with van der Waals surface area (Å²) >= 11 is 0. The number of fused-ring (bicyclic) bond motifs is 1. The molecule has 1 aromatic carbocycles. The Morgan fingerprint density at radius 1 is 1.28 bits per heavy atom. The molecule has 2 aromatic rings. The number of hydrogen-bond donors (Lipinski definition) is 1. The van der Waals surface area contributed by atoms with Crippen LogP contribution in [0.5, 0.6) is 0 Å². The van der Waals surface area contributed by atoms with Gasteiger partial charge in [0.1, 0.15) is 6.04 Å². The quantitative estimate of drug-likeness (QED) is 0.785. The van der Waals surface area contributed by atoms with Crippen molar-refractivity contribution in [2.45, 2.75) is 38.6 Å². The third-order valence-corrected chi connectivity index (χ3v) is 3.33. The van der Waals surface area contributed by atoms with Crippen molar-refractivity contribution in [1.82, 2.24) is 4.57 Å². The van der Waals surface area contributed by atoms with Crippen LogP contribution in [-0.2, 0) is 4.79 Å². The summed E-state index contributed by atoms with van der Waals surface area (Å²) in [4.78, 5) is 11.4. The molecule has 0 fully saturated rings. The van der Waals surface area contributed by atoms with E-state index in [0.717, 1.165) is 30.2 Å². The smallest absolute Gasteiger partial charge is 0.326 e. The highest BCUT2D eigenvalue weighted by Crippen LogP contribution is 2.24. The molecule has 0 radical (unpaired) electrons. The van der Waals surface area contributed by atoms with Crippen molar-refractivity contribution in [2.75, 3.05) is 0 Å². The SMILES string of the molecule is CCCCCC(C(=O)O)n1ccc2ccccc21. The van der Waals surface area contributed by atoms with E-state index < -0.39 is 12.0 Å². The van der Waals surface area contributed by atoms with Crippen molar-refractivity contribution in [2.24, 2.45) is 0 Å². The standard InChI is InChI=1S/C15H19NO2/c1-2-3-4-9-14(15(17)18)16-11-10-12-7-5-6-8-13(12)16/h5-8,10-11,14H,2-4,9H2,1H3,(H,17,18). The lowest BCUT2D eigenvalue weighted by molar-refractivity contribution is -0.141. The van der Waals surface area contributed by atoms with Crippen LogP contribution in [0.2, 0.25) is 0 Å². The van der Waals surface area contributed by atoms with Gasteiger partial charge in [-0.1, -0.05) is 44.4 Å².